The minimum atomic E-state index is -4.38. The Kier molecular flexibility index (Phi) is 6.31. The number of piperidine rings is 1. The molecule has 36 heavy (non-hydrogen) atoms. The number of benzene rings is 1. The molecule has 2 atom stereocenters. The van der Waals surface area contributed by atoms with Crippen molar-refractivity contribution in [3.63, 3.8) is 0 Å². The Morgan fingerprint density at radius 2 is 1.89 bits per heavy atom. The summed E-state index contributed by atoms with van der Waals surface area (Å²) in [5.41, 5.74) is 1.48. The maximum atomic E-state index is 13.2. The van der Waals surface area contributed by atoms with Gasteiger partial charge in [0.15, 0.2) is 5.82 Å². The lowest BCUT2D eigenvalue weighted by atomic mass is 9.95. The topological polar surface area (TPSA) is 58.5 Å². The number of aromatic nitrogens is 3. The molecule has 1 aromatic heterocycles. The van der Waals surface area contributed by atoms with E-state index in [9.17, 15) is 13.2 Å². The van der Waals surface area contributed by atoms with Gasteiger partial charge in [0, 0.05) is 43.2 Å². The lowest BCUT2D eigenvalue weighted by Crippen LogP contribution is -2.50. The second-order valence-corrected chi connectivity index (χ2v) is 10.3. The summed E-state index contributed by atoms with van der Waals surface area (Å²) in [5, 5.41) is 12.6. The molecular formula is C25H28ClF3N6O. The van der Waals surface area contributed by atoms with E-state index in [-0.39, 0.29) is 5.92 Å². The average molecular weight is 521 g/mol. The molecule has 192 valence electrons. The summed E-state index contributed by atoms with van der Waals surface area (Å²) in [5.74, 6) is 1.98. The highest BCUT2D eigenvalue weighted by Gasteiger charge is 2.38. The molecular weight excluding hydrogens is 493 g/mol. The first kappa shape index (κ1) is 24.0. The van der Waals surface area contributed by atoms with Gasteiger partial charge >= 0.3 is 6.18 Å². The molecule has 1 aromatic carbocycles. The molecule has 0 spiro atoms. The lowest BCUT2D eigenvalue weighted by Gasteiger charge is -2.38. The number of hydrogen-bond acceptors (Lipinski definition) is 6. The Hall–Kier alpha value is -2.40. The van der Waals surface area contributed by atoms with E-state index in [2.05, 4.69) is 29.9 Å². The first-order valence-electron chi connectivity index (χ1n) is 12.4. The van der Waals surface area contributed by atoms with E-state index >= 15 is 0 Å². The zero-order chi connectivity index (χ0) is 24.9. The van der Waals surface area contributed by atoms with Crippen molar-refractivity contribution in [1.82, 2.24) is 29.9 Å². The van der Waals surface area contributed by atoms with Gasteiger partial charge in [0.05, 0.1) is 25.0 Å². The van der Waals surface area contributed by atoms with Crippen LogP contribution in [-0.4, -0.2) is 69.3 Å². The number of rotatable bonds is 3. The molecule has 0 bridgehead atoms. The van der Waals surface area contributed by atoms with E-state index < -0.39 is 18.0 Å². The third-order valence-corrected chi connectivity index (χ3v) is 7.87. The summed E-state index contributed by atoms with van der Waals surface area (Å²) in [4.78, 5) is 4.45. The molecule has 1 unspecified atom stereocenters. The van der Waals surface area contributed by atoms with Gasteiger partial charge in [0.2, 0.25) is 0 Å². The molecule has 1 N–H and O–H groups in total. The van der Waals surface area contributed by atoms with Crippen molar-refractivity contribution in [2.24, 2.45) is 0 Å². The third kappa shape index (κ3) is 4.55. The van der Waals surface area contributed by atoms with Gasteiger partial charge in [-0.3, -0.25) is 14.4 Å². The van der Waals surface area contributed by atoms with E-state index in [0.29, 0.717) is 37.3 Å². The Bertz CT molecular complexity index is 1180. The number of likely N-dealkylation sites (tertiary alicyclic amines) is 1. The molecule has 0 amide bonds. The summed E-state index contributed by atoms with van der Waals surface area (Å²) in [6.07, 6.45) is 2.07. The predicted octanol–water partition coefficient (Wildman–Crippen LogP) is 4.14. The van der Waals surface area contributed by atoms with Crippen LogP contribution in [0.4, 0.5) is 13.2 Å². The fourth-order valence-electron chi connectivity index (χ4n) is 5.72. The van der Waals surface area contributed by atoms with Crippen LogP contribution in [-0.2, 0) is 17.8 Å². The molecule has 0 saturated carbocycles. The number of fused-ring (bicyclic) bond motifs is 3. The minimum absolute atomic E-state index is 0.164. The van der Waals surface area contributed by atoms with Crippen molar-refractivity contribution < 1.29 is 17.9 Å². The van der Waals surface area contributed by atoms with Gasteiger partial charge in [0.1, 0.15) is 11.5 Å². The SMILES string of the molecule is FC(F)(F)C1=CC=CC(N2CCC(c3nnc4n3-c3ccc(Cl)cc3CN([C@H]3CCOC3)C4)CC2)N1. The molecule has 4 aliphatic heterocycles. The minimum Gasteiger partial charge on any atom is -0.380 e. The van der Waals surface area contributed by atoms with Crippen LogP contribution in [0.1, 0.15) is 42.4 Å². The van der Waals surface area contributed by atoms with Gasteiger partial charge in [-0.05, 0) is 55.2 Å². The maximum absolute atomic E-state index is 13.2. The van der Waals surface area contributed by atoms with Gasteiger partial charge in [-0.25, -0.2) is 0 Å². The number of ether oxygens (including phenoxy) is 1. The maximum Gasteiger partial charge on any atom is 0.430 e. The number of hydrogen-bond donors (Lipinski definition) is 1. The molecule has 7 nitrogen and oxygen atoms in total. The number of alkyl halides is 3. The first-order chi connectivity index (χ1) is 17.4. The van der Waals surface area contributed by atoms with Crippen LogP contribution >= 0.6 is 11.6 Å². The Balaban J connectivity index is 1.23. The second-order valence-electron chi connectivity index (χ2n) is 9.87. The predicted molar refractivity (Wildman–Crippen MR) is 129 cm³/mol. The van der Waals surface area contributed by atoms with Crippen LogP contribution in [0.2, 0.25) is 5.02 Å². The summed E-state index contributed by atoms with van der Waals surface area (Å²) >= 11 is 6.38. The summed E-state index contributed by atoms with van der Waals surface area (Å²) in [6, 6.07) is 6.30. The molecule has 5 heterocycles. The number of dihydropyridines is 1. The zero-order valence-electron chi connectivity index (χ0n) is 19.7. The Morgan fingerprint density at radius 1 is 1.06 bits per heavy atom. The second kappa shape index (κ2) is 9.48. The van der Waals surface area contributed by atoms with Crippen molar-refractivity contribution in [2.45, 2.75) is 56.7 Å². The van der Waals surface area contributed by atoms with Gasteiger partial charge in [0.25, 0.3) is 0 Å². The first-order valence-corrected chi connectivity index (χ1v) is 12.8. The molecule has 2 saturated heterocycles. The van der Waals surface area contributed by atoms with Crippen molar-refractivity contribution in [3.8, 4) is 5.69 Å². The molecule has 0 radical (unpaired) electrons. The van der Waals surface area contributed by atoms with Crippen molar-refractivity contribution in [3.05, 3.63) is 64.4 Å². The highest BCUT2D eigenvalue weighted by Crippen LogP contribution is 2.35. The van der Waals surface area contributed by atoms with Crippen LogP contribution in [0, 0.1) is 0 Å². The van der Waals surface area contributed by atoms with Gasteiger partial charge in [-0.2, -0.15) is 13.2 Å². The zero-order valence-corrected chi connectivity index (χ0v) is 20.5. The van der Waals surface area contributed by atoms with Crippen LogP contribution < -0.4 is 5.32 Å². The molecule has 2 fully saturated rings. The highest BCUT2D eigenvalue weighted by molar-refractivity contribution is 6.30. The van der Waals surface area contributed by atoms with Gasteiger partial charge < -0.3 is 10.1 Å². The van der Waals surface area contributed by atoms with Crippen molar-refractivity contribution in [1.29, 1.82) is 0 Å². The highest BCUT2D eigenvalue weighted by atomic mass is 35.5. The normalized spacial score (nSPS) is 25.7. The summed E-state index contributed by atoms with van der Waals surface area (Å²) < 4.78 is 47.4. The van der Waals surface area contributed by atoms with E-state index in [4.69, 9.17) is 16.3 Å². The number of nitrogens with one attached hydrogen (secondary N) is 1. The monoisotopic (exact) mass is 520 g/mol. The average Bonchev–Trinajstić information content (AvgIpc) is 3.52. The summed E-state index contributed by atoms with van der Waals surface area (Å²) in [6.45, 7) is 4.25. The molecule has 11 heteroatoms. The molecule has 0 aliphatic carbocycles. The quantitative estimate of drug-likeness (QED) is 0.656. The molecule has 4 aliphatic rings. The molecule has 2 aromatic rings. The third-order valence-electron chi connectivity index (χ3n) is 7.63. The smallest absolute Gasteiger partial charge is 0.380 e. The van der Waals surface area contributed by atoms with E-state index in [1.54, 1.807) is 6.08 Å². The fraction of sp³-hybridized carbons (Fsp3) is 0.520. The largest absolute Gasteiger partial charge is 0.430 e. The van der Waals surface area contributed by atoms with Crippen LogP contribution in [0.5, 0.6) is 0 Å². The van der Waals surface area contributed by atoms with Gasteiger partial charge in [-0.15, -0.1) is 10.2 Å². The van der Waals surface area contributed by atoms with E-state index in [1.807, 2.05) is 18.2 Å². The van der Waals surface area contributed by atoms with Crippen LogP contribution in [0.3, 0.4) is 0 Å². The van der Waals surface area contributed by atoms with Gasteiger partial charge in [-0.1, -0.05) is 17.7 Å². The van der Waals surface area contributed by atoms with Crippen molar-refractivity contribution >= 4 is 11.6 Å². The molecule has 6 rings (SSSR count). The standard InChI is InChI=1S/C25H28ClF3N6O/c26-18-4-5-20-17(12-18)13-34(19-8-11-36-15-19)14-23-31-32-24(35(20)23)16-6-9-33(10-7-16)22-3-1-2-21(30-22)25(27,28)29/h1-5,12,16,19,22,30H,6-11,13-15H2/t19-,22?/m0/s1. The lowest BCUT2D eigenvalue weighted by molar-refractivity contribution is -0.0995. The fourth-order valence-corrected chi connectivity index (χ4v) is 5.92. The van der Waals surface area contributed by atoms with E-state index in [0.717, 1.165) is 61.4 Å². The van der Waals surface area contributed by atoms with Crippen LogP contribution in [0.15, 0.2) is 42.1 Å². The Morgan fingerprint density at radius 3 is 2.64 bits per heavy atom. The number of halogens is 4. The van der Waals surface area contributed by atoms with Crippen molar-refractivity contribution in [2.75, 3.05) is 26.3 Å². The van der Waals surface area contributed by atoms with Crippen LogP contribution in [0.25, 0.3) is 5.69 Å². The number of allylic oxidation sites excluding steroid dienone is 3. The summed E-state index contributed by atoms with van der Waals surface area (Å²) in [7, 11) is 0. The Labute approximate surface area is 212 Å². The number of nitrogens with zero attached hydrogens (tertiary/aromatic N) is 5. The van der Waals surface area contributed by atoms with E-state index in [1.165, 1.54) is 6.08 Å².